The van der Waals surface area contributed by atoms with Gasteiger partial charge in [0.05, 0.1) is 39.6 Å². The zero-order valence-electron chi connectivity index (χ0n) is 24.4. The SMILES string of the molecule is CC(C)(C)OC(=O)N(CCCc1cccc2c1CN(C1CCC(=O)NC1=O)C2=O)CCOCCOCCOCCN. The molecule has 1 fully saturated rings. The minimum Gasteiger partial charge on any atom is -0.444 e. The summed E-state index contributed by atoms with van der Waals surface area (Å²) in [5.41, 5.74) is 7.21. The fourth-order valence-electron chi connectivity index (χ4n) is 4.77. The maximum absolute atomic E-state index is 13.1. The quantitative estimate of drug-likeness (QED) is 0.221. The Morgan fingerprint density at radius 2 is 1.71 bits per heavy atom. The van der Waals surface area contributed by atoms with Gasteiger partial charge in [-0.05, 0) is 57.2 Å². The van der Waals surface area contributed by atoms with Crippen molar-refractivity contribution in [3.8, 4) is 0 Å². The molecule has 1 aromatic carbocycles. The Hall–Kier alpha value is -3.06. The standard InChI is InChI=1S/C29H44N4O8/c1-29(2,3)41-28(37)32(13-15-39-17-19-40-18-16-38-14-11-30)12-5-7-21-6-4-8-22-23(21)20-33(27(22)36)24-9-10-25(34)31-26(24)35/h4,6,8,24H,5,7,9-20,30H2,1-3H3,(H,31,34,35). The summed E-state index contributed by atoms with van der Waals surface area (Å²) < 4.78 is 22.0. The molecule has 0 bridgehead atoms. The number of aryl methyl sites for hydroxylation is 1. The molecule has 0 aromatic heterocycles. The Morgan fingerprint density at radius 1 is 1.02 bits per heavy atom. The molecule has 0 spiro atoms. The molecule has 3 rings (SSSR count). The molecule has 0 radical (unpaired) electrons. The molecule has 12 nitrogen and oxygen atoms in total. The number of hydrogen-bond donors (Lipinski definition) is 2. The van der Waals surface area contributed by atoms with Crippen LogP contribution in [0.2, 0.25) is 0 Å². The van der Waals surface area contributed by atoms with Crippen LogP contribution < -0.4 is 11.1 Å². The van der Waals surface area contributed by atoms with Gasteiger partial charge in [-0.15, -0.1) is 0 Å². The van der Waals surface area contributed by atoms with E-state index in [1.165, 1.54) is 0 Å². The van der Waals surface area contributed by atoms with Gasteiger partial charge in [0.15, 0.2) is 0 Å². The van der Waals surface area contributed by atoms with Crippen LogP contribution >= 0.6 is 0 Å². The highest BCUT2D eigenvalue weighted by atomic mass is 16.6. The minimum absolute atomic E-state index is 0.198. The lowest BCUT2D eigenvalue weighted by molar-refractivity contribution is -0.136. The van der Waals surface area contributed by atoms with E-state index >= 15 is 0 Å². The second kappa shape index (κ2) is 15.8. The van der Waals surface area contributed by atoms with E-state index in [-0.39, 0.29) is 18.2 Å². The molecule has 41 heavy (non-hydrogen) atoms. The second-order valence-corrected chi connectivity index (χ2v) is 11.0. The number of nitrogens with zero attached hydrogens (tertiary/aromatic N) is 2. The Labute approximate surface area is 241 Å². The average molecular weight is 577 g/mol. The molecule has 2 aliphatic rings. The number of benzene rings is 1. The van der Waals surface area contributed by atoms with Crippen molar-refractivity contribution in [3.63, 3.8) is 0 Å². The first-order valence-electron chi connectivity index (χ1n) is 14.3. The third-order valence-corrected chi connectivity index (χ3v) is 6.72. The van der Waals surface area contributed by atoms with Gasteiger partial charge in [0, 0.05) is 38.2 Å². The van der Waals surface area contributed by atoms with Gasteiger partial charge in [-0.25, -0.2) is 4.79 Å². The van der Waals surface area contributed by atoms with Gasteiger partial charge in [-0.3, -0.25) is 19.7 Å². The van der Waals surface area contributed by atoms with Crippen molar-refractivity contribution in [2.45, 2.75) is 64.6 Å². The predicted molar refractivity (Wildman–Crippen MR) is 150 cm³/mol. The van der Waals surface area contributed by atoms with Gasteiger partial charge in [-0.2, -0.15) is 0 Å². The molecule has 1 aromatic rings. The summed E-state index contributed by atoms with van der Waals surface area (Å²) in [6.45, 7) is 9.70. The van der Waals surface area contributed by atoms with Crippen LogP contribution in [-0.4, -0.2) is 105 Å². The zero-order chi connectivity index (χ0) is 29.8. The molecule has 1 unspecified atom stereocenters. The van der Waals surface area contributed by atoms with Gasteiger partial charge in [-0.1, -0.05) is 12.1 Å². The van der Waals surface area contributed by atoms with Crippen molar-refractivity contribution in [2.24, 2.45) is 5.73 Å². The van der Waals surface area contributed by atoms with Crippen LogP contribution in [0.4, 0.5) is 4.79 Å². The van der Waals surface area contributed by atoms with Gasteiger partial charge in [0.1, 0.15) is 11.6 Å². The third-order valence-electron chi connectivity index (χ3n) is 6.72. The third kappa shape index (κ3) is 10.1. The first-order chi connectivity index (χ1) is 19.6. The molecule has 228 valence electrons. The number of hydrogen-bond acceptors (Lipinski definition) is 9. The van der Waals surface area contributed by atoms with Crippen molar-refractivity contribution in [2.75, 3.05) is 59.3 Å². The maximum atomic E-state index is 13.1. The van der Waals surface area contributed by atoms with Crippen LogP contribution in [0.15, 0.2) is 18.2 Å². The summed E-state index contributed by atoms with van der Waals surface area (Å²) in [6.07, 6.45) is 1.41. The number of amides is 4. The van der Waals surface area contributed by atoms with Crippen LogP contribution in [0.25, 0.3) is 0 Å². The summed E-state index contributed by atoms with van der Waals surface area (Å²) in [6, 6.07) is 4.93. The Bertz CT molecular complexity index is 1060. The molecule has 0 aliphatic carbocycles. The number of nitrogens with two attached hydrogens (primary N) is 1. The van der Waals surface area contributed by atoms with Crippen LogP contribution in [-0.2, 0) is 41.5 Å². The largest absolute Gasteiger partial charge is 0.444 e. The van der Waals surface area contributed by atoms with E-state index in [4.69, 9.17) is 24.7 Å². The van der Waals surface area contributed by atoms with Crippen LogP contribution in [0.3, 0.4) is 0 Å². The highest BCUT2D eigenvalue weighted by molar-refractivity contribution is 6.05. The summed E-state index contributed by atoms with van der Waals surface area (Å²) in [5.74, 6) is -0.938. The first kappa shape index (κ1) is 32.5. The Kier molecular flexibility index (Phi) is 12.5. The molecule has 1 atom stereocenters. The monoisotopic (exact) mass is 576 g/mol. The lowest BCUT2D eigenvalue weighted by Crippen LogP contribution is -2.52. The fraction of sp³-hybridized carbons (Fsp3) is 0.655. The highest BCUT2D eigenvalue weighted by Gasteiger charge is 2.39. The van der Waals surface area contributed by atoms with Gasteiger partial charge >= 0.3 is 6.09 Å². The molecule has 3 N–H and O–H groups in total. The number of nitrogens with one attached hydrogen (secondary N) is 1. The van der Waals surface area contributed by atoms with Crippen molar-refractivity contribution in [1.29, 1.82) is 0 Å². The fourth-order valence-corrected chi connectivity index (χ4v) is 4.77. The van der Waals surface area contributed by atoms with Crippen molar-refractivity contribution >= 4 is 23.8 Å². The summed E-state index contributed by atoms with van der Waals surface area (Å²) >= 11 is 0. The van der Waals surface area contributed by atoms with Crippen molar-refractivity contribution in [1.82, 2.24) is 15.1 Å². The number of piperidine rings is 1. The Morgan fingerprint density at radius 3 is 2.37 bits per heavy atom. The van der Waals surface area contributed by atoms with Crippen molar-refractivity contribution in [3.05, 3.63) is 34.9 Å². The average Bonchev–Trinajstić information content (AvgIpc) is 3.24. The van der Waals surface area contributed by atoms with Gasteiger partial charge < -0.3 is 34.5 Å². The van der Waals surface area contributed by atoms with E-state index in [0.29, 0.717) is 90.6 Å². The van der Waals surface area contributed by atoms with Crippen LogP contribution in [0.5, 0.6) is 0 Å². The second-order valence-electron chi connectivity index (χ2n) is 11.0. The number of fused-ring (bicyclic) bond motifs is 1. The number of carbonyl (C=O) groups is 4. The number of imide groups is 1. The molecular formula is C29H44N4O8. The van der Waals surface area contributed by atoms with Crippen molar-refractivity contribution < 1.29 is 38.1 Å². The highest BCUT2D eigenvalue weighted by Crippen LogP contribution is 2.30. The van der Waals surface area contributed by atoms with Crippen LogP contribution in [0, 0.1) is 0 Å². The van der Waals surface area contributed by atoms with E-state index in [1.807, 2.05) is 32.9 Å². The van der Waals surface area contributed by atoms with Crippen LogP contribution in [0.1, 0.15) is 61.5 Å². The lowest BCUT2D eigenvalue weighted by Gasteiger charge is -2.29. The number of carbonyl (C=O) groups excluding carboxylic acids is 4. The maximum Gasteiger partial charge on any atom is 0.410 e. The van der Waals surface area contributed by atoms with E-state index in [0.717, 1.165) is 11.1 Å². The lowest BCUT2D eigenvalue weighted by atomic mass is 9.99. The van der Waals surface area contributed by atoms with E-state index in [2.05, 4.69) is 5.32 Å². The van der Waals surface area contributed by atoms with E-state index in [1.54, 1.807) is 15.9 Å². The van der Waals surface area contributed by atoms with E-state index in [9.17, 15) is 19.2 Å². The zero-order valence-corrected chi connectivity index (χ0v) is 24.4. The first-order valence-corrected chi connectivity index (χ1v) is 14.3. The smallest absolute Gasteiger partial charge is 0.410 e. The number of ether oxygens (including phenoxy) is 4. The minimum atomic E-state index is -0.655. The van der Waals surface area contributed by atoms with Gasteiger partial charge in [0.25, 0.3) is 5.91 Å². The normalized spacial score (nSPS) is 17.0. The summed E-state index contributed by atoms with van der Waals surface area (Å²) in [5, 5.41) is 2.33. The molecule has 4 amide bonds. The Balaban J connectivity index is 1.51. The summed E-state index contributed by atoms with van der Waals surface area (Å²) in [7, 11) is 0. The molecule has 1 saturated heterocycles. The van der Waals surface area contributed by atoms with Gasteiger partial charge in [0.2, 0.25) is 11.8 Å². The summed E-state index contributed by atoms with van der Waals surface area (Å²) in [4.78, 5) is 53.1. The molecule has 12 heteroatoms. The molecule has 2 heterocycles. The van der Waals surface area contributed by atoms with E-state index < -0.39 is 23.6 Å². The topological polar surface area (TPSA) is 150 Å². The molecular weight excluding hydrogens is 532 g/mol. The molecule has 2 aliphatic heterocycles. The molecule has 0 saturated carbocycles. The predicted octanol–water partition coefficient (Wildman–Crippen LogP) is 1.63. The number of rotatable bonds is 16.